The summed E-state index contributed by atoms with van der Waals surface area (Å²) in [6.45, 7) is 0. The monoisotopic (exact) mass is 362 g/mol. The minimum Gasteiger partial charge on any atom is -0.495 e. The molecule has 1 aliphatic heterocycles. The summed E-state index contributed by atoms with van der Waals surface area (Å²) >= 11 is 6.19. The second-order valence-corrected chi connectivity index (χ2v) is 6.02. The molecule has 0 spiro atoms. The van der Waals surface area contributed by atoms with Crippen LogP contribution < -0.4 is 24.8 Å². The lowest BCUT2D eigenvalue weighted by Crippen LogP contribution is -2.63. The van der Waals surface area contributed by atoms with E-state index in [0.29, 0.717) is 28.0 Å². The van der Waals surface area contributed by atoms with Crippen LogP contribution in [0.4, 0.5) is 5.69 Å². The van der Waals surface area contributed by atoms with Crippen molar-refractivity contribution >= 4 is 23.2 Å². The van der Waals surface area contributed by atoms with Gasteiger partial charge in [-0.05, 0) is 35.9 Å². The van der Waals surface area contributed by atoms with Gasteiger partial charge in [-0.15, -0.1) is 0 Å². The molecule has 2 N–H and O–H groups in total. The lowest BCUT2D eigenvalue weighted by molar-refractivity contribution is -0.126. The molecular weight excluding hydrogens is 344 g/mol. The first-order valence-electron chi connectivity index (χ1n) is 7.66. The Balaban J connectivity index is 1.98. The van der Waals surface area contributed by atoms with Gasteiger partial charge in [-0.3, -0.25) is 4.79 Å². The number of hydrogen-bond acceptors (Lipinski definition) is 5. The molecule has 2 aromatic carbocycles. The number of anilines is 1. The predicted molar refractivity (Wildman–Crippen MR) is 95.8 cm³/mol. The van der Waals surface area contributed by atoms with Gasteiger partial charge >= 0.3 is 0 Å². The minimum absolute atomic E-state index is 0.166. The third-order valence-electron chi connectivity index (χ3n) is 4.30. The number of amides is 1. The molecule has 7 heteroatoms. The number of β-lactam (4-membered cyclic amide) rings is 1. The van der Waals surface area contributed by atoms with Crippen LogP contribution in [-0.2, 0) is 4.79 Å². The first-order chi connectivity index (χ1) is 12.0. The average Bonchev–Trinajstić information content (AvgIpc) is 2.64. The second-order valence-electron chi connectivity index (χ2n) is 5.61. The number of ether oxygens (including phenoxy) is 3. The van der Waals surface area contributed by atoms with Crippen molar-refractivity contribution in [3.05, 3.63) is 47.0 Å². The van der Waals surface area contributed by atoms with Gasteiger partial charge in [-0.25, -0.2) is 0 Å². The van der Waals surface area contributed by atoms with E-state index in [2.05, 4.69) is 0 Å². The quantitative estimate of drug-likeness (QED) is 0.828. The number of benzene rings is 2. The van der Waals surface area contributed by atoms with Crippen LogP contribution in [0.2, 0.25) is 5.02 Å². The van der Waals surface area contributed by atoms with Gasteiger partial charge in [0.1, 0.15) is 11.8 Å². The van der Waals surface area contributed by atoms with E-state index in [0.717, 1.165) is 5.56 Å². The van der Waals surface area contributed by atoms with Gasteiger partial charge < -0.3 is 24.8 Å². The Morgan fingerprint density at radius 1 is 0.960 bits per heavy atom. The van der Waals surface area contributed by atoms with Crippen LogP contribution in [0.3, 0.4) is 0 Å². The summed E-state index contributed by atoms with van der Waals surface area (Å²) in [5, 5.41) is 0.430. The Morgan fingerprint density at radius 2 is 1.60 bits per heavy atom. The molecule has 1 aliphatic rings. The highest BCUT2D eigenvalue weighted by Gasteiger charge is 2.47. The van der Waals surface area contributed by atoms with Crippen molar-refractivity contribution in [1.82, 2.24) is 0 Å². The first-order valence-corrected chi connectivity index (χ1v) is 8.03. The van der Waals surface area contributed by atoms with Crippen molar-refractivity contribution in [2.45, 2.75) is 12.1 Å². The maximum atomic E-state index is 12.4. The molecule has 2 aromatic rings. The Hall–Kier alpha value is -2.44. The van der Waals surface area contributed by atoms with Crippen LogP contribution in [0.25, 0.3) is 0 Å². The molecule has 1 heterocycles. The Kier molecular flexibility index (Phi) is 4.74. The topological polar surface area (TPSA) is 74.0 Å². The fourth-order valence-corrected chi connectivity index (χ4v) is 3.25. The zero-order chi connectivity index (χ0) is 18.1. The van der Waals surface area contributed by atoms with E-state index in [1.807, 2.05) is 12.1 Å². The summed E-state index contributed by atoms with van der Waals surface area (Å²) < 4.78 is 15.8. The van der Waals surface area contributed by atoms with Crippen molar-refractivity contribution in [3.8, 4) is 17.2 Å². The van der Waals surface area contributed by atoms with Crippen molar-refractivity contribution in [2.24, 2.45) is 5.73 Å². The molecule has 0 radical (unpaired) electrons. The minimum atomic E-state index is -0.626. The van der Waals surface area contributed by atoms with Gasteiger partial charge in [0.15, 0.2) is 11.5 Å². The van der Waals surface area contributed by atoms with E-state index >= 15 is 0 Å². The van der Waals surface area contributed by atoms with Gasteiger partial charge in [-0.2, -0.15) is 0 Å². The van der Waals surface area contributed by atoms with E-state index in [1.165, 1.54) is 7.11 Å². The molecule has 0 aromatic heterocycles. The summed E-state index contributed by atoms with van der Waals surface area (Å²) in [5.41, 5.74) is 7.58. The molecule has 0 bridgehead atoms. The third kappa shape index (κ3) is 2.88. The summed E-state index contributed by atoms with van der Waals surface area (Å²) in [6.07, 6.45) is 0. The van der Waals surface area contributed by atoms with E-state index < -0.39 is 6.04 Å². The summed E-state index contributed by atoms with van der Waals surface area (Å²) in [7, 11) is 4.67. The van der Waals surface area contributed by atoms with Gasteiger partial charge in [0, 0.05) is 5.69 Å². The number of carbonyl (C=O) groups excluding carboxylic acids is 1. The normalized spacial score (nSPS) is 19.4. The number of halogens is 1. The SMILES string of the molecule is COc1ccc(N2C(=O)[C@@H](N)[C@H]2c2ccc(OC)c(OC)c2)cc1Cl. The van der Waals surface area contributed by atoms with Crippen LogP contribution in [-0.4, -0.2) is 33.3 Å². The van der Waals surface area contributed by atoms with E-state index in [-0.39, 0.29) is 11.9 Å². The molecule has 1 amide bonds. The fourth-order valence-electron chi connectivity index (χ4n) is 3.00. The molecule has 0 saturated carbocycles. The summed E-state index contributed by atoms with van der Waals surface area (Å²) in [4.78, 5) is 14.0. The standard InChI is InChI=1S/C18H19ClN2O4/c1-23-13-7-5-11(9-12(13)19)21-17(16(20)18(21)22)10-4-6-14(24-2)15(8-10)25-3/h4-9,16-17H,20H2,1-3H3/t16-,17+/m0/s1. The molecule has 132 valence electrons. The Labute approximate surface area is 151 Å². The molecule has 0 unspecified atom stereocenters. The molecule has 6 nitrogen and oxygen atoms in total. The fraction of sp³-hybridized carbons (Fsp3) is 0.278. The Bertz CT molecular complexity index is 812. The number of rotatable bonds is 5. The highest BCUT2D eigenvalue weighted by molar-refractivity contribution is 6.32. The molecule has 25 heavy (non-hydrogen) atoms. The van der Waals surface area contributed by atoms with Gasteiger partial charge in [0.25, 0.3) is 0 Å². The maximum Gasteiger partial charge on any atom is 0.247 e. The summed E-state index contributed by atoms with van der Waals surface area (Å²) in [6, 6.07) is 9.75. The van der Waals surface area contributed by atoms with Crippen molar-refractivity contribution in [1.29, 1.82) is 0 Å². The van der Waals surface area contributed by atoms with Crippen molar-refractivity contribution in [3.63, 3.8) is 0 Å². The van der Waals surface area contributed by atoms with Crippen LogP contribution in [0.5, 0.6) is 17.2 Å². The van der Waals surface area contributed by atoms with Crippen molar-refractivity contribution in [2.75, 3.05) is 26.2 Å². The van der Waals surface area contributed by atoms with Gasteiger partial charge in [-0.1, -0.05) is 17.7 Å². The first kappa shape index (κ1) is 17.4. The summed E-state index contributed by atoms with van der Waals surface area (Å²) in [5.74, 6) is 1.58. The largest absolute Gasteiger partial charge is 0.495 e. The molecule has 2 atom stereocenters. The number of methoxy groups -OCH3 is 3. The lowest BCUT2D eigenvalue weighted by Gasteiger charge is -2.45. The van der Waals surface area contributed by atoms with Crippen LogP contribution >= 0.6 is 11.6 Å². The third-order valence-corrected chi connectivity index (χ3v) is 4.60. The van der Waals surface area contributed by atoms with Gasteiger partial charge in [0.2, 0.25) is 5.91 Å². The number of nitrogens with two attached hydrogens (primary N) is 1. The second kappa shape index (κ2) is 6.82. The molecular formula is C18H19ClN2O4. The number of hydrogen-bond donors (Lipinski definition) is 1. The van der Waals surface area contributed by atoms with Crippen molar-refractivity contribution < 1.29 is 19.0 Å². The number of carbonyl (C=O) groups is 1. The lowest BCUT2D eigenvalue weighted by atomic mass is 9.88. The van der Waals surface area contributed by atoms with E-state index in [1.54, 1.807) is 43.4 Å². The highest BCUT2D eigenvalue weighted by atomic mass is 35.5. The number of nitrogens with zero attached hydrogens (tertiary/aromatic N) is 1. The van der Waals surface area contributed by atoms with E-state index in [4.69, 9.17) is 31.5 Å². The molecule has 3 rings (SSSR count). The average molecular weight is 363 g/mol. The van der Waals surface area contributed by atoms with Gasteiger partial charge in [0.05, 0.1) is 32.4 Å². The smallest absolute Gasteiger partial charge is 0.247 e. The predicted octanol–water partition coefficient (Wildman–Crippen LogP) is 2.78. The van der Waals surface area contributed by atoms with Crippen LogP contribution in [0.1, 0.15) is 11.6 Å². The van der Waals surface area contributed by atoms with E-state index in [9.17, 15) is 4.79 Å². The zero-order valence-electron chi connectivity index (χ0n) is 14.2. The molecule has 0 aliphatic carbocycles. The maximum absolute atomic E-state index is 12.4. The highest BCUT2D eigenvalue weighted by Crippen LogP contribution is 2.42. The molecule has 1 fully saturated rings. The van der Waals surface area contributed by atoms with Crippen LogP contribution in [0, 0.1) is 0 Å². The zero-order valence-corrected chi connectivity index (χ0v) is 14.9. The van der Waals surface area contributed by atoms with Crippen LogP contribution in [0.15, 0.2) is 36.4 Å². The Morgan fingerprint density at radius 3 is 2.20 bits per heavy atom. The molecule has 1 saturated heterocycles.